The number of hydrogen-bond donors (Lipinski definition) is 0. The first kappa shape index (κ1) is 19.0. The van der Waals surface area contributed by atoms with E-state index in [1.165, 1.54) is 25.1 Å². The van der Waals surface area contributed by atoms with Gasteiger partial charge in [-0.05, 0) is 48.0 Å². The summed E-state index contributed by atoms with van der Waals surface area (Å²) in [5.74, 6) is 0.774. The fraction of sp³-hybridized carbons (Fsp3) is 0.150. The minimum atomic E-state index is -4.42. The van der Waals surface area contributed by atoms with Crippen LogP contribution in [-0.2, 0) is 0 Å². The van der Waals surface area contributed by atoms with E-state index in [1.807, 2.05) is 12.1 Å². The van der Waals surface area contributed by atoms with Crippen LogP contribution in [0.3, 0.4) is 0 Å². The summed E-state index contributed by atoms with van der Waals surface area (Å²) in [4.78, 5) is 11.5. The summed E-state index contributed by atoms with van der Waals surface area (Å²) in [7, 11) is 0. The van der Waals surface area contributed by atoms with E-state index in [2.05, 4.69) is 4.74 Å². The van der Waals surface area contributed by atoms with Crippen molar-refractivity contribution >= 4 is 28.2 Å². The molecule has 0 aliphatic rings. The van der Waals surface area contributed by atoms with E-state index in [1.54, 1.807) is 24.3 Å². The molecule has 3 aromatic rings. The minimum Gasteiger partial charge on any atom is -0.484 e. The molecule has 0 fully saturated rings. The lowest BCUT2D eigenvalue weighted by Gasteiger charge is -2.12. The Bertz CT molecular complexity index is 999. The highest BCUT2D eigenvalue weighted by atomic mass is 35.5. The first-order valence-electron chi connectivity index (χ1n) is 7.93. The fourth-order valence-electron chi connectivity index (χ4n) is 2.45. The minimum absolute atomic E-state index is 0.0000475. The number of ether oxygens (including phenoxy) is 2. The molecule has 0 aliphatic carbocycles. The Labute approximate surface area is 158 Å². The first-order valence-corrected chi connectivity index (χ1v) is 8.31. The molecular formula is C20H14ClF3O3. The molecule has 0 saturated heterocycles. The molecule has 0 atom stereocenters. The van der Waals surface area contributed by atoms with Crippen LogP contribution in [0.4, 0.5) is 13.2 Å². The normalized spacial score (nSPS) is 11.4. The van der Waals surface area contributed by atoms with Crippen molar-refractivity contribution < 1.29 is 27.4 Å². The molecule has 3 nitrogen and oxygen atoms in total. The summed E-state index contributed by atoms with van der Waals surface area (Å²) in [6.45, 7) is 0.110. The second-order valence-corrected chi connectivity index (χ2v) is 6.29. The second kappa shape index (κ2) is 7.48. The number of hydrogen-bond acceptors (Lipinski definition) is 3. The van der Waals surface area contributed by atoms with Gasteiger partial charge in [0.1, 0.15) is 17.2 Å². The van der Waals surface area contributed by atoms with Crippen molar-refractivity contribution in [2.45, 2.75) is 13.1 Å². The summed E-state index contributed by atoms with van der Waals surface area (Å²) in [6, 6.07) is 14.7. The van der Waals surface area contributed by atoms with Gasteiger partial charge in [-0.25, -0.2) is 0 Å². The highest BCUT2D eigenvalue weighted by Gasteiger charge is 2.28. The third-order valence-electron chi connectivity index (χ3n) is 3.75. The van der Waals surface area contributed by atoms with Gasteiger partial charge in [-0.1, -0.05) is 29.8 Å². The average molecular weight is 395 g/mol. The van der Waals surface area contributed by atoms with Crippen LogP contribution < -0.4 is 9.47 Å². The van der Waals surface area contributed by atoms with Crippen molar-refractivity contribution in [1.82, 2.24) is 0 Å². The van der Waals surface area contributed by atoms with Gasteiger partial charge in [0.2, 0.25) is 0 Å². The molecule has 3 aromatic carbocycles. The van der Waals surface area contributed by atoms with Crippen molar-refractivity contribution in [2.75, 3.05) is 6.61 Å². The molecule has 0 amide bonds. The summed E-state index contributed by atoms with van der Waals surface area (Å²) >= 11 is 6.08. The Kier molecular flexibility index (Phi) is 5.28. The monoisotopic (exact) mass is 394 g/mol. The molecule has 3 rings (SSSR count). The lowest BCUT2D eigenvalue weighted by atomic mass is 10.0. The molecule has 0 radical (unpaired) electrons. The standard InChI is InChI=1S/C20H14ClF3O3/c1-12(25)13-2-3-15-9-17(5-4-14(15)8-13)27-19-7-6-16(10-18(19)21)26-11-20(22,23)24/h2-10H,11H2,1H3. The van der Waals surface area contributed by atoms with Crippen molar-refractivity contribution in [2.24, 2.45) is 0 Å². The van der Waals surface area contributed by atoms with E-state index in [0.717, 1.165) is 10.8 Å². The highest BCUT2D eigenvalue weighted by molar-refractivity contribution is 6.32. The van der Waals surface area contributed by atoms with E-state index in [4.69, 9.17) is 16.3 Å². The zero-order chi connectivity index (χ0) is 19.6. The third kappa shape index (κ3) is 4.92. The van der Waals surface area contributed by atoms with Crippen LogP contribution in [0.25, 0.3) is 10.8 Å². The third-order valence-corrected chi connectivity index (χ3v) is 4.05. The summed E-state index contributed by atoms with van der Waals surface area (Å²) in [6.07, 6.45) is -4.42. The number of benzene rings is 3. The van der Waals surface area contributed by atoms with Crippen LogP contribution in [0, 0.1) is 0 Å². The molecule has 0 aromatic heterocycles. The van der Waals surface area contributed by atoms with Gasteiger partial charge in [-0.15, -0.1) is 0 Å². The largest absolute Gasteiger partial charge is 0.484 e. The molecule has 0 saturated carbocycles. The van der Waals surface area contributed by atoms with Crippen molar-refractivity contribution in [3.63, 3.8) is 0 Å². The van der Waals surface area contributed by atoms with Crippen molar-refractivity contribution in [1.29, 1.82) is 0 Å². The van der Waals surface area contributed by atoms with Crippen LogP contribution in [0.2, 0.25) is 5.02 Å². The summed E-state index contributed by atoms with van der Waals surface area (Å²) in [5, 5.41) is 1.89. The molecular weight excluding hydrogens is 381 g/mol. The predicted octanol–water partition coefficient (Wildman–Crippen LogP) is 6.43. The lowest BCUT2D eigenvalue weighted by Crippen LogP contribution is -2.19. The molecule has 140 valence electrons. The number of carbonyl (C=O) groups is 1. The van der Waals surface area contributed by atoms with E-state index in [9.17, 15) is 18.0 Å². The number of fused-ring (bicyclic) bond motifs is 1. The Hall–Kier alpha value is -2.73. The Morgan fingerprint density at radius 3 is 2.30 bits per heavy atom. The van der Waals surface area contributed by atoms with Gasteiger partial charge in [0, 0.05) is 11.6 Å². The van der Waals surface area contributed by atoms with Gasteiger partial charge in [0.25, 0.3) is 0 Å². The quantitative estimate of drug-likeness (QED) is 0.468. The molecule has 0 N–H and O–H groups in total. The number of alkyl halides is 3. The highest BCUT2D eigenvalue weighted by Crippen LogP contribution is 2.34. The maximum atomic E-state index is 12.2. The van der Waals surface area contributed by atoms with Crippen LogP contribution in [0.1, 0.15) is 17.3 Å². The Morgan fingerprint density at radius 1 is 0.963 bits per heavy atom. The molecule has 0 bridgehead atoms. The number of halogens is 4. The molecule has 27 heavy (non-hydrogen) atoms. The summed E-state index contributed by atoms with van der Waals surface area (Å²) < 4.78 is 47.0. The van der Waals surface area contributed by atoms with E-state index < -0.39 is 12.8 Å². The van der Waals surface area contributed by atoms with E-state index in [-0.39, 0.29) is 22.3 Å². The fourth-order valence-corrected chi connectivity index (χ4v) is 2.66. The van der Waals surface area contributed by atoms with Crippen molar-refractivity contribution in [3.8, 4) is 17.2 Å². The molecule has 0 unspecified atom stereocenters. The van der Waals surface area contributed by atoms with Gasteiger partial charge < -0.3 is 9.47 Å². The van der Waals surface area contributed by atoms with Gasteiger partial charge in [0.05, 0.1) is 5.02 Å². The topological polar surface area (TPSA) is 35.5 Å². The van der Waals surface area contributed by atoms with Crippen LogP contribution in [-0.4, -0.2) is 18.6 Å². The molecule has 7 heteroatoms. The number of rotatable bonds is 5. The van der Waals surface area contributed by atoms with Gasteiger partial charge in [0.15, 0.2) is 12.4 Å². The second-order valence-electron chi connectivity index (χ2n) is 5.88. The molecule has 0 heterocycles. The van der Waals surface area contributed by atoms with E-state index >= 15 is 0 Å². The number of carbonyl (C=O) groups excluding carboxylic acids is 1. The van der Waals surface area contributed by atoms with Crippen molar-refractivity contribution in [3.05, 3.63) is 65.2 Å². The SMILES string of the molecule is CC(=O)c1ccc2cc(Oc3ccc(OCC(F)(F)F)cc3Cl)ccc2c1. The maximum absolute atomic E-state index is 12.2. The van der Waals surface area contributed by atoms with Gasteiger partial charge in [-0.3, -0.25) is 4.79 Å². The van der Waals surface area contributed by atoms with Gasteiger partial charge >= 0.3 is 6.18 Å². The summed E-state index contributed by atoms with van der Waals surface area (Å²) in [5.41, 5.74) is 0.619. The number of Topliss-reactive ketones (excluding diaryl/α,β-unsaturated/α-hetero) is 1. The first-order chi connectivity index (χ1) is 12.7. The zero-order valence-corrected chi connectivity index (χ0v) is 14.9. The lowest BCUT2D eigenvalue weighted by molar-refractivity contribution is -0.153. The maximum Gasteiger partial charge on any atom is 0.422 e. The number of ketones is 1. The Morgan fingerprint density at radius 2 is 1.63 bits per heavy atom. The van der Waals surface area contributed by atoms with Crippen LogP contribution in [0.5, 0.6) is 17.2 Å². The zero-order valence-electron chi connectivity index (χ0n) is 14.1. The van der Waals surface area contributed by atoms with Crippen LogP contribution in [0.15, 0.2) is 54.6 Å². The van der Waals surface area contributed by atoms with Gasteiger partial charge in [-0.2, -0.15) is 13.2 Å². The molecule has 0 aliphatic heterocycles. The molecule has 0 spiro atoms. The smallest absolute Gasteiger partial charge is 0.422 e. The van der Waals surface area contributed by atoms with E-state index in [0.29, 0.717) is 11.3 Å². The predicted molar refractivity (Wildman–Crippen MR) is 97.0 cm³/mol. The van der Waals surface area contributed by atoms with Crippen LogP contribution >= 0.6 is 11.6 Å². The average Bonchev–Trinajstić information content (AvgIpc) is 2.61. The Balaban J connectivity index is 1.78.